The standard InChI is InChI=1S/C19H23N3O3S/c20-18(15-5-2-1-3-6-15)13-21-19(23)16-7-4-8-17(11-16)26(24,25)22-12-14-9-10-14/h1-8,11,14,18,22H,9-10,12-13,20H2,(H,21,23). The van der Waals surface area contributed by atoms with Crippen LogP contribution in [0, 0.1) is 5.92 Å². The Bertz CT molecular complexity index is 865. The van der Waals surface area contributed by atoms with Gasteiger partial charge in [0.15, 0.2) is 0 Å². The molecule has 0 spiro atoms. The van der Waals surface area contributed by atoms with Gasteiger partial charge in [-0.25, -0.2) is 13.1 Å². The highest BCUT2D eigenvalue weighted by atomic mass is 32.2. The lowest BCUT2D eigenvalue weighted by Gasteiger charge is -2.13. The van der Waals surface area contributed by atoms with Crippen molar-refractivity contribution in [2.45, 2.75) is 23.8 Å². The summed E-state index contributed by atoms with van der Waals surface area (Å²) in [7, 11) is -3.60. The fourth-order valence-corrected chi connectivity index (χ4v) is 3.72. The second-order valence-electron chi connectivity index (χ2n) is 6.55. The fraction of sp³-hybridized carbons (Fsp3) is 0.316. The quantitative estimate of drug-likeness (QED) is 0.657. The van der Waals surface area contributed by atoms with E-state index in [2.05, 4.69) is 10.0 Å². The molecular weight excluding hydrogens is 350 g/mol. The van der Waals surface area contributed by atoms with Crippen LogP contribution in [0.5, 0.6) is 0 Å². The molecule has 1 saturated carbocycles. The molecule has 1 atom stereocenters. The lowest BCUT2D eigenvalue weighted by Crippen LogP contribution is -2.32. The zero-order chi connectivity index (χ0) is 18.6. The van der Waals surface area contributed by atoms with Crippen molar-refractivity contribution in [1.82, 2.24) is 10.0 Å². The van der Waals surface area contributed by atoms with E-state index in [1.165, 1.54) is 12.1 Å². The first-order valence-electron chi connectivity index (χ1n) is 8.64. The Morgan fingerprint density at radius 3 is 2.54 bits per heavy atom. The topological polar surface area (TPSA) is 101 Å². The molecule has 138 valence electrons. The van der Waals surface area contributed by atoms with Crippen LogP contribution >= 0.6 is 0 Å². The Balaban J connectivity index is 1.62. The number of hydrogen-bond donors (Lipinski definition) is 3. The van der Waals surface area contributed by atoms with Crippen molar-refractivity contribution in [1.29, 1.82) is 0 Å². The van der Waals surface area contributed by atoms with Gasteiger partial charge in [0.2, 0.25) is 10.0 Å². The average molecular weight is 373 g/mol. The molecule has 0 bridgehead atoms. The SMILES string of the molecule is NC(CNC(=O)c1cccc(S(=O)(=O)NCC2CC2)c1)c1ccccc1. The molecule has 7 heteroatoms. The number of carbonyl (C=O) groups excluding carboxylic acids is 1. The molecule has 0 radical (unpaired) electrons. The molecule has 0 aliphatic heterocycles. The van der Waals surface area contributed by atoms with Gasteiger partial charge in [-0.3, -0.25) is 4.79 Å². The second-order valence-corrected chi connectivity index (χ2v) is 8.32. The van der Waals surface area contributed by atoms with Crippen LogP contribution in [0.1, 0.15) is 34.8 Å². The van der Waals surface area contributed by atoms with Crippen LogP contribution < -0.4 is 15.8 Å². The Morgan fingerprint density at radius 2 is 1.85 bits per heavy atom. The normalized spacial score (nSPS) is 15.4. The number of amides is 1. The highest BCUT2D eigenvalue weighted by molar-refractivity contribution is 7.89. The number of rotatable bonds is 8. The summed E-state index contributed by atoms with van der Waals surface area (Å²) in [5.74, 6) is 0.0892. The third kappa shape index (κ3) is 4.91. The molecule has 3 rings (SSSR count). The van der Waals surface area contributed by atoms with E-state index in [0.29, 0.717) is 18.0 Å². The van der Waals surface area contributed by atoms with E-state index in [1.54, 1.807) is 12.1 Å². The minimum Gasteiger partial charge on any atom is -0.350 e. The van der Waals surface area contributed by atoms with E-state index in [0.717, 1.165) is 18.4 Å². The van der Waals surface area contributed by atoms with Gasteiger partial charge in [-0.05, 0) is 42.5 Å². The molecule has 4 N–H and O–H groups in total. The lowest BCUT2D eigenvalue weighted by molar-refractivity contribution is 0.0951. The van der Waals surface area contributed by atoms with Gasteiger partial charge in [0.05, 0.1) is 4.90 Å². The van der Waals surface area contributed by atoms with Crippen LogP contribution in [-0.2, 0) is 10.0 Å². The largest absolute Gasteiger partial charge is 0.350 e. The van der Waals surface area contributed by atoms with Crippen LogP contribution in [0.15, 0.2) is 59.5 Å². The van der Waals surface area contributed by atoms with Crippen molar-refractivity contribution in [2.24, 2.45) is 11.7 Å². The van der Waals surface area contributed by atoms with Crippen LogP contribution in [0.3, 0.4) is 0 Å². The average Bonchev–Trinajstić information content (AvgIpc) is 3.49. The zero-order valence-corrected chi connectivity index (χ0v) is 15.2. The first-order valence-corrected chi connectivity index (χ1v) is 10.1. The summed E-state index contributed by atoms with van der Waals surface area (Å²) in [6.45, 7) is 0.713. The molecule has 1 fully saturated rings. The van der Waals surface area contributed by atoms with Crippen LogP contribution in [0.2, 0.25) is 0 Å². The zero-order valence-electron chi connectivity index (χ0n) is 14.4. The Morgan fingerprint density at radius 1 is 1.12 bits per heavy atom. The number of sulfonamides is 1. The van der Waals surface area contributed by atoms with Gasteiger partial charge in [0, 0.05) is 24.7 Å². The third-order valence-electron chi connectivity index (χ3n) is 4.38. The van der Waals surface area contributed by atoms with E-state index in [9.17, 15) is 13.2 Å². The number of nitrogens with two attached hydrogens (primary N) is 1. The number of carbonyl (C=O) groups is 1. The van der Waals surface area contributed by atoms with E-state index >= 15 is 0 Å². The third-order valence-corrected chi connectivity index (χ3v) is 5.80. The van der Waals surface area contributed by atoms with E-state index in [1.807, 2.05) is 30.3 Å². The maximum Gasteiger partial charge on any atom is 0.251 e. The van der Waals surface area contributed by atoms with Gasteiger partial charge < -0.3 is 11.1 Å². The van der Waals surface area contributed by atoms with Crippen molar-refractivity contribution in [2.75, 3.05) is 13.1 Å². The summed E-state index contributed by atoms with van der Waals surface area (Å²) < 4.78 is 27.3. The lowest BCUT2D eigenvalue weighted by atomic mass is 10.1. The smallest absolute Gasteiger partial charge is 0.251 e. The summed E-state index contributed by atoms with van der Waals surface area (Å²) in [6, 6.07) is 15.2. The predicted molar refractivity (Wildman–Crippen MR) is 100 cm³/mol. The second kappa shape index (κ2) is 7.99. The molecule has 1 unspecified atom stereocenters. The molecule has 1 amide bonds. The van der Waals surface area contributed by atoms with Crippen LogP contribution in [0.25, 0.3) is 0 Å². The van der Waals surface area contributed by atoms with Crippen LogP contribution in [0.4, 0.5) is 0 Å². The van der Waals surface area contributed by atoms with E-state index < -0.39 is 10.0 Å². The van der Waals surface area contributed by atoms with Crippen molar-refractivity contribution in [3.8, 4) is 0 Å². The molecule has 0 heterocycles. The first kappa shape index (κ1) is 18.6. The highest BCUT2D eigenvalue weighted by Gasteiger charge is 2.24. The number of nitrogens with one attached hydrogen (secondary N) is 2. The Labute approximate surface area is 153 Å². The first-order chi connectivity index (χ1) is 12.5. The van der Waals surface area contributed by atoms with Gasteiger partial charge in [0.25, 0.3) is 5.91 Å². The van der Waals surface area contributed by atoms with Gasteiger partial charge in [0.1, 0.15) is 0 Å². The number of benzene rings is 2. The maximum absolute atomic E-state index is 12.4. The maximum atomic E-state index is 12.4. The summed E-state index contributed by atoms with van der Waals surface area (Å²) >= 11 is 0. The van der Waals surface area contributed by atoms with Gasteiger partial charge in [-0.2, -0.15) is 0 Å². The highest BCUT2D eigenvalue weighted by Crippen LogP contribution is 2.28. The summed E-state index contributed by atoms with van der Waals surface area (Å²) in [4.78, 5) is 12.4. The molecule has 0 aromatic heterocycles. The van der Waals surface area contributed by atoms with Gasteiger partial charge >= 0.3 is 0 Å². The Hall–Kier alpha value is -2.22. The Kier molecular flexibility index (Phi) is 5.70. The van der Waals surface area contributed by atoms with Gasteiger partial charge in [-0.15, -0.1) is 0 Å². The summed E-state index contributed by atoms with van der Waals surface area (Å²) in [6.07, 6.45) is 2.12. The summed E-state index contributed by atoms with van der Waals surface area (Å²) in [5.41, 5.74) is 7.29. The van der Waals surface area contributed by atoms with Crippen molar-refractivity contribution >= 4 is 15.9 Å². The fourth-order valence-electron chi connectivity index (χ4n) is 2.56. The molecule has 0 saturated heterocycles. The van der Waals surface area contributed by atoms with Crippen molar-refractivity contribution in [3.63, 3.8) is 0 Å². The van der Waals surface area contributed by atoms with E-state index in [4.69, 9.17) is 5.73 Å². The molecule has 2 aromatic carbocycles. The minimum absolute atomic E-state index is 0.0955. The van der Waals surface area contributed by atoms with Crippen molar-refractivity contribution in [3.05, 3.63) is 65.7 Å². The summed E-state index contributed by atoms with van der Waals surface area (Å²) in [5, 5.41) is 2.76. The predicted octanol–water partition coefficient (Wildman–Crippen LogP) is 1.80. The van der Waals surface area contributed by atoms with E-state index in [-0.39, 0.29) is 23.4 Å². The van der Waals surface area contributed by atoms with Crippen molar-refractivity contribution < 1.29 is 13.2 Å². The number of hydrogen-bond acceptors (Lipinski definition) is 4. The van der Waals surface area contributed by atoms with Gasteiger partial charge in [-0.1, -0.05) is 36.4 Å². The molecule has 1 aliphatic rings. The molecule has 1 aliphatic carbocycles. The molecule has 26 heavy (non-hydrogen) atoms. The minimum atomic E-state index is -3.60. The molecule has 2 aromatic rings. The van der Waals surface area contributed by atoms with Crippen LogP contribution in [-0.4, -0.2) is 27.4 Å². The molecular formula is C19H23N3O3S. The molecule has 6 nitrogen and oxygen atoms in total. The monoisotopic (exact) mass is 373 g/mol.